The van der Waals surface area contributed by atoms with Gasteiger partial charge in [-0.1, -0.05) is 12.1 Å². The maximum atomic E-state index is 12.0. The van der Waals surface area contributed by atoms with Gasteiger partial charge in [0.1, 0.15) is 6.61 Å². The van der Waals surface area contributed by atoms with E-state index in [1.807, 2.05) is 42.6 Å². The fourth-order valence-corrected chi connectivity index (χ4v) is 2.86. The monoisotopic (exact) mass is 317 g/mol. The first kappa shape index (κ1) is 14.9. The first-order chi connectivity index (χ1) is 10.8. The van der Waals surface area contributed by atoms with Gasteiger partial charge in [-0.05, 0) is 43.3 Å². The molecule has 1 N–H and O–H groups in total. The van der Waals surface area contributed by atoms with Crippen molar-refractivity contribution in [3.8, 4) is 11.5 Å². The lowest BCUT2D eigenvalue weighted by atomic mass is 10.3. The average molecular weight is 317 g/mol. The molecule has 0 bridgehead atoms. The molecule has 1 aromatic heterocycles. The number of nitrogens with one attached hydrogen (secondary N) is 1. The molecular weight excluding hydrogens is 298 g/mol. The Bertz CT molecular complexity index is 649. The third-order valence-corrected chi connectivity index (χ3v) is 4.31. The fourth-order valence-electron chi connectivity index (χ4n) is 2.06. The Morgan fingerprint density at radius 3 is 2.68 bits per heavy atom. The minimum absolute atomic E-state index is 0.0217. The number of hydrogen-bond acceptors (Lipinski definition) is 4. The molecule has 0 aliphatic heterocycles. The van der Waals surface area contributed by atoms with Crippen molar-refractivity contribution in [2.45, 2.75) is 32.4 Å². The van der Waals surface area contributed by atoms with E-state index in [0.29, 0.717) is 19.3 Å². The Labute approximate surface area is 134 Å². The molecule has 1 saturated carbocycles. The summed E-state index contributed by atoms with van der Waals surface area (Å²) in [5.74, 6) is 1.49. The number of thiophene rings is 1. The Morgan fingerprint density at radius 1 is 1.27 bits per heavy atom. The van der Waals surface area contributed by atoms with Crippen LogP contribution in [-0.4, -0.2) is 18.6 Å². The topological polar surface area (TPSA) is 47.6 Å². The Hall–Kier alpha value is -2.01. The van der Waals surface area contributed by atoms with Crippen LogP contribution >= 0.6 is 11.3 Å². The standard InChI is InChI=1S/C17H19NO3S/c1-2-20-14-5-3-4-6-15(14)21-10-12-9-16(22-11-12)17(19)18-13-7-8-13/h3-6,9,11,13H,2,7-8,10H2,1H3,(H,18,19). The van der Waals surface area contributed by atoms with Crippen LogP contribution in [0, 0.1) is 0 Å². The van der Waals surface area contributed by atoms with Crippen LogP contribution in [0.1, 0.15) is 35.0 Å². The molecule has 3 rings (SSSR count). The molecule has 1 amide bonds. The number of benzene rings is 1. The van der Waals surface area contributed by atoms with E-state index < -0.39 is 0 Å². The van der Waals surface area contributed by atoms with E-state index in [0.717, 1.165) is 34.8 Å². The highest BCUT2D eigenvalue weighted by molar-refractivity contribution is 7.12. The molecule has 5 heteroatoms. The van der Waals surface area contributed by atoms with Gasteiger partial charge in [0.2, 0.25) is 0 Å². The molecule has 1 aliphatic carbocycles. The van der Waals surface area contributed by atoms with Crippen molar-refractivity contribution in [1.29, 1.82) is 0 Å². The number of amides is 1. The van der Waals surface area contributed by atoms with Crippen molar-refractivity contribution in [1.82, 2.24) is 5.32 Å². The first-order valence-electron chi connectivity index (χ1n) is 7.49. The normalized spacial score (nSPS) is 13.7. The molecular formula is C17H19NO3S. The van der Waals surface area contributed by atoms with E-state index >= 15 is 0 Å². The number of hydrogen-bond donors (Lipinski definition) is 1. The maximum absolute atomic E-state index is 12.0. The minimum Gasteiger partial charge on any atom is -0.490 e. The second-order valence-corrected chi connectivity index (χ2v) is 6.15. The lowest BCUT2D eigenvalue weighted by molar-refractivity contribution is 0.0955. The van der Waals surface area contributed by atoms with Crippen molar-refractivity contribution < 1.29 is 14.3 Å². The van der Waals surface area contributed by atoms with E-state index in [1.165, 1.54) is 11.3 Å². The van der Waals surface area contributed by atoms with Crippen LogP contribution in [0.3, 0.4) is 0 Å². The molecule has 4 nitrogen and oxygen atoms in total. The van der Waals surface area contributed by atoms with Crippen LogP contribution in [0.2, 0.25) is 0 Å². The zero-order valence-corrected chi connectivity index (χ0v) is 13.3. The van der Waals surface area contributed by atoms with E-state index in [2.05, 4.69) is 5.32 Å². The Balaban J connectivity index is 1.59. The maximum Gasteiger partial charge on any atom is 0.261 e. The third-order valence-electron chi connectivity index (χ3n) is 3.33. The SMILES string of the molecule is CCOc1ccccc1OCc1csc(C(=O)NC2CC2)c1. The third kappa shape index (κ3) is 3.80. The molecule has 1 aromatic carbocycles. The van der Waals surface area contributed by atoms with Gasteiger partial charge in [-0.2, -0.15) is 0 Å². The van der Waals surface area contributed by atoms with Gasteiger partial charge in [-0.25, -0.2) is 0 Å². The van der Waals surface area contributed by atoms with Crippen LogP contribution in [-0.2, 0) is 6.61 Å². The highest BCUT2D eigenvalue weighted by Gasteiger charge is 2.24. The van der Waals surface area contributed by atoms with E-state index in [4.69, 9.17) is 9.47 Å². The molecule has 1 heterocycles. The molecule has 1 aliphatic rings. The van der Waals surface area contributed by atoms with Crippen LogP contribution < -0.4 is 14.8 Å². The summed E-state index contributed by atoms with van der Waals surface area (Å²) in [6.07, 6.45) is 2.20. The summed E-state index contributed by atoms with van der Waals surface area (Å²) in [4.78, 5) is 12.7. The molecule has 2 aromatic rings. The molecule has 0 atom stereocenters. The minimum atomic E-state index is 0.0217. The Morgan fingerprint density at radius 2 is 2.00 bits per heavy atom. The largest absolute Gasteiger partial charge is 0.490 e. The number of carbonyl (C=O) groups excluding carboxylic acids is 1. The lowest BCUT2D eigenvalue weighted by Crippen LogP contribution is -2.24. The van der Waals surface area contributed by atoms with Gasteiger partial charge in [0.15, 0.2) is 11.5 Å². The van der Waals surface area contributed by atoms with Gasteiger partial charge < -0.3 is 14.8 Å². The van der Waals surface area contributed by atoms with Crippen molar-refractivity contribution in [2.75, 3.05) is 6.61 Å². The van der Waals surface area contributed by atoms with Gasteiger partial charge in [0.05, 0.1) is 11.5 Å². The molecule has 0 spiro atoms. The number of para-hydroxylation sites is 2. The smallest absolute Gasteiger partial charge is 0.261 e. The van der Waals surface area contributed by atoms with Crippen molar-refractivity contribution in [3.05, 3.63) is 46.2 Å². The average Bonchev–Trinajstić information content (AvgIpc) is 3.21. The summed E-state index contributed by atoms with van der Waals surface area (Å²) in [5.41, 5.74) is 0.997. The van der Waals surface area contributed by atoms with Crippen molar-refractivity contribution in [2.24, 2.45) is 0 Å². The van der Waals surface area contributed by atoms with Crippen molar-refractivity contribution >= 4 is 17.2 Å². The first-order valence-corrected chi connectivity index (χ1v) is 8.37. The summed E-state index contributed by atoms with van der Waals surface area (Å²) < 4.78 is 11.3. The summed E-state index contributed by atoms with van der Waals surface area (Å²) in [7, 11) is 0. The zero-order valence-electron chi connectivity index (χ0n) is 12.5. The second-order valence-electron chi connectivity index (χ2n) is 5.24. The van der Waals surface area contributed by atoms with Gasteiger partial charge in [-0.3, -0.25) is 4.79 Å². The van der Waals surface area contributed by atoms with Gasteiger partial charge in [0.25, 0.3) is 5.91 Å². The zero-order chi connectivity index (χ0) is 15.4. The van der Waals surface area contributed by atoms with Gasteiger partial charge in [-0.15, -0.1) is 11.3 Å². The summed E-state index contributed by atoms with van der Waals surface area (Å²) in [5, 5.41) is 4.96. The molecule has 0 radical (unpaired) electrons. The van der Waals surface area contributed by atoms with Crippen LogP contribution in [0.15, 0.2) is 35.7 Å². The predicted molar refractivity (Wildman–Crippen MR) is 86.8 cm³/mol. The predicted octanol–water partition coefficient (Wildman–Crippen LogP) is 3.62. The number of rotatable bonds is 7. The number of ether oxygens (including phenoxy) is 2. The van der Waals surface area contributed by atoms with Crippen LogP contribution in [0.5, 0.6) is 11.5 Å². The summed E-state index contributed by atoms with van der Waals surface area (Å²) in [6, 6.07) is 9.89. The van der Waals surface area contributed by atoms with Gasteiger partial charge in [0, 0.05) is 11.6 Å². The van der Waals surface area contributed by atoms with Crippen LogP contribution in [0.4, 0.5) is 0 Å². The highest BCUT2D eigenvalue weighted by Crippen LogP contribution is 2.28. The molecule has 0 saturated heterocycles. The summed E-state index contributed by atoms with van der Waals surface area (Å²) >= 11 is 1.45. The molecule has 116 valence electrons. The van der Waals surface area contributed by atoms with Gasteiger partial charge >= 0.3 is 0 Å². The number of carbonyl (C=O) groups is 1. The summed E-state index contributed by atoms with van der Waals surface area (Å²) in [6.45, 7) is 2.97. The quantitative estimate of drug-likeness (QED) is 0.848. The fraction of sp³-hybridized carbons (Fsp3) is 0.353. The molecule has 1 fully saturated rings. The highest BCUT2D eigenvalue weighted by atomic mass is 32.1. The van der Waals surface area contributed by atoms with Crippen molar-refractivity contribution in [3.63, 3.8) is 0 Å². The van der Waals surface area contributed by atoms with E-state index in [9.17, 15) is 4.79 Å². The van der Waals surface area contributed by atoms with Crippen LogP contribution in [0.25, 0.3) is 0 Å². The van der Waals surface area contributed by atoms with E-state index in [-0.39, 0.29) is 5.91 Å². The Kier molecular flexibility index (Phi) is 4.63. The lowest BCUT2D eigenvalue weighted by Gasteiger charge is -2.10. The molecule has 0 unspecified atom stereocenters. The second kappa shape index (κ2) is 6.83. The van der Waals surface area contributed by atoms with E-state index in [1.54, 1.807) is 0 Å². The molecule has 22 heavy (non-hydrogen) atoms.